The normalized spacial score (nSPS) is 15.0. The number of aromatic nitrogens is 2. The molecule has 1 fully saturated rings. The van der Waals surface area contributed by atoms with Crippen LogP contribution in [0.5, 0.6) is 0 Å². The number of carbonyl (C=O) groups is 1. The van der Waals surface area contributed by atoms with E-state index in [2.05, 4.69) is 14.9 Å². The zero-order chi connectivity index (χ0) is 16.2. The van der Waals surface area contributed by atoms with Crippen molar-refractivity contribution in [3.05, 3.63) is 40.0 Å². The second-order valence-corrected chi connectivity index (χ2v) is 6.51. The number of carbonyl (C=O) groups excluding carboxylic acids is 1. The minimum Gasteiger partial charge on any atom is -0.378 e. The summed E-state index contributed by atoms with van der Waals surface area (Å²) in [5, 5.41) is 0.848. The topological polar surface area (TPSA) is 58.6 Å². The van der Waals surface area contributed by atoms with Gasteiger partial charge >= 0.3 is 0 Å². The Kier molecular flexibility index (Phi) is 4.88. The van der Waals surface area contributed by atoms with Crippen LogP contribution < -0.4 is 4.90 Å². The van der Waals surface area contributed by atoms with E-state index in [1.165, 1.54) is 11.3 Å². The summed E-state index contributed by atoms with van der Waals surface area (Å²) in [5.41, 5.74) is 0.791. The number of methoxy groups -OCH3 is 1. The Bertz CT molecular complexity index is 666. The third-order valence-electron chi connectivity index (χ3n) is 3.84. The van der Waals surface area contributed by atoms with E-state index in [1.807, 2.05) is 30.0 Å². The molecule has 122 valence electrons. The van der Waals surface area contributed by atoms with Gasteiger partial charge in [0.1, 0.15) is 15.7 Å². The summed E-state index contributed by atoms with van der Waals surface area (Å²) < 4.78 is 5.09. The third kappa shape index (κ3) is 3.51. The monoisotopic (exact) mass is 332 g/mol. The number of rotatable bonds is 4. The quantitative estimate of drug-likeness (QED) is 0.856. The Labute approximate surface area is 139 Å². The van der Waals surface area contributed by atoms with Crippen molar-refractivity contribution >= 4 is 23.1 Å². The number of anilines is 1. The molecule has 1 aliphatic rings. The standard InChI is InChI=1S/C16H20N4O2S/c1-12-15(23-14(18-12)11-22-2)16(21)20-9-7-19(8-10-20)13-5-3-4-6-17-13/h3-6H,7-11H2,1-2H3. The van der Waals surface area contributed by atoms with Crippen molar-refractivity contribution in [1.29, 1.82) is 0 Å². The summed E-state index contributed by atoms with van der Waals surface area (Å²) in [7, 11) is 1.63. The Morgan fingerprint density at radius 3 is 2.74 bits per heavy atom. The second-order valence-electron chi connectivity index (χ2n) is 5.42. The van der Waals surface area contributed by atoms with Gasteiger partial charge in [-0.3, -0.25) is 4.79 Å². The molecule has 0 spiro atoms. The molecule has 1 saturated heterocycles. The molecule has 3 heterocycles. The second kappa shape index (κ2) is 7.06. The summed E-state index contributed by atoms with van der Waals surface area (Å²) in [6.45, 7) is 5.33. The lowest BCUT2D eigenvalue weighted by Crippen LogP contribution is -2.49. The van der Waals surface area contributed by atoms with Crippen LogP contribution in [0.1, 0.15) is 20.4 Å². The number of thiazole rings is 1. The molecular formula is C16H20N4O2S. The highest BCUT2D eigenvalue weighted by Crippen LogP contribution is 2.22. The summed E-state index contributed by atoms with van der Waals surface area (Å²) in [6, 6.07) is 5.90. The van der Waals surface area contributed by atoms with E-state index in [0.717, 1.165) is 34.5 Å². The van der Waals surface area contributed by atoms with Gasteiger partial charge in [0, 0.05) is 39.5 Å². The van der Waals surface area contributed by atoms with Crippen LogP contribution in [0.25, 0.3) is 0 Å². The van der Waals surface area contributed by atoms with Gasteiger partial charge in [-0.15, -0.1) is 11.3 Å². The first kappa shape index (κ1) is 15.9. The fraction of sp³-hybridized carbons (Fsp3) is 0.438. The van der Waals surface area contributed by atoms with Crippen LogP contribution >= 0.6 is 11.3 Å². The average Bonchev–Trinajstić information content (AvgIpc) is 2.96. The molecule has 23 heavy (non-hydrogen) atoms. The van der Waals surface area contributed by atoms with E-state index in [0.29, 0.717) is 19.7 Å². The molecule has 7 heteroatoms. The molecule has 0 saturated carbocycles. The number of ether oxygens (including phenoxy) is 1. The molecule has 1 amide bonds. The Balaban J connectivity index is 1.64. The predicted octanol–water partition coefficient (Wildman–Crippen LogP) is 1.96. The number of pyridine rings is 1. The number of aryl methyl sites for hydroxylation is 1. The van der Waals surface area contributed by atoms with Gasteiger partial charge in [-0.05, 0) is 19.1 Å². The first-order valence-corrected chi connectivity index (χ1v) is 8.41. The van der Waals surface area contributed by atoms with Gasteiger partial charge in [0.25, 0.3) is 5.91 Å². The summed E-state index contributed by atoms with van der Waals surface area (Å²) in [5.74, 6) is 1.04. The highest BCUT2D eigenvalue weighted by Gasteiger charge is 2.25. The van der Waals surface area contributed by atoms with Gasteiger partial charge in [-0.2, -0.15) is 0 Å². The average molecular weight is 332 g/mol. The van der Waals surface area contributed by atoms with Crippen molar-refractivity contribution in [2.75, 3.05) is 38.2 Å². The predicted molar refractivity (Wildman–Crippen MR) is 89.9 cm³/mol. The van der Waals surface area contributed by atoms with E-state index in [9.17, 15) is 4.79 Å². The molecule has 0 N–H and O–H groups in total. The number of amides is 1. The van der Waals surface area contributed by atoms with Crippen molar-refractivity contribution in [2.24, 2.45) is 0 Å². The lowest BCUT2D eigenvalue weighted by atomic mass is 10.2. The Hall–Kier alpha value is -1.99. The maximum atomic E-state index is 12.7. The molecule has 0 atom stereocenters. The molecule has 1 aliphatic heterocycles. The van der Waals surface area contributed by atoms with Crippen LogP contribution in [0, 0.1) is 6.92 Å². The summed E-state index contributed by atoms with van der Waals surface area (Å²) in [6.07, 6.45) is 1.80. The largest absolute Gasteiger partial charge is 0.378 e. The Morgan fingerprint density at radius 2 is 2.09 bits per heavy atom. The van der Waals surface area contributed by atoms with Crippen LogP contribution in [0.3, 0.4) is 0 Å². The van der Waals surface area contributed by atoms with Crippen molar-refractivity contribution in [1.82, 2.24) is 14.9 Å². The molecule has 0 radical (unpaired) electrons. The van der Waals surface area contributed by atoms with Gasteiger partial charge < -0.3 is 14.5 Å². The van der Waals surface area contributed by atoms with Crippen LogP contribution in [0.2, 0.25) is 0 Å². The fourth-order valence-corrected chi connectivity index (χ4v) is 3.66. The molecular weight excluding hydrogens is 312 g/mol. The number of nitrogens with zero attached hydrogens (tertiary/aromatic N) is 4. The lowest BCUT2D eigenvalue weighted by Gasteiger charge is -2.35. The third-order valence-corrected chi connectivity index (χ3v) is 4.96. The van der Waals surface area contributed by atoms with Crippen molar-refractivity contribution in [3.8, 4) is 0 Å². The fourth-order valence-electron chi connectivity index (χ4n) is 2.66. The van der Waals surface area contributed by atoms with Crippen LogP contribution in [-0.4, -0.2) is 54.1 Å². The summed E-state index contributed by atoms with van der Waals surface area (Å²) in [4.78, 5) is 26.3. The lowest BCUT2D eigenvalue weighted by molar-refractivity contribution is 0.0750. The van der Waals surface area contributed by atoms with Gasteiger partial charge in [0.15, 0.2) is 0 Å². The molecule has 0 unspecified atom stereocenters. The van der Waals surface area contributed by atoms with E-state index in [1.54, 1.807) is 13.3 Å². The first-order valence-electron chi connectivity index (χ1n) is 7.59. The maximum Gasteiger partial charge on any atom is 0.265 e. The van der Waals surface area contributed by atoms with Gasteiger partial charge in [0.05, 0.1) is 12.3 Å². The number of piperazine rings is 1. The first-order chi connectivity index (χ1) is 11.2. The molecule has 0 aliphatic carbocycles. The van der Waals surface area contributed by atoms with E-state index >= 15 is 0 Å². The van der Waals surface area contributed by atoms with Gasteiger partial charge in [0.2, 0.25) is 0 Å². The Morgan fingerprint density at radius 1 is 1.30 bits per heavy atom. The van der Waals surface area contributed by atoms with Gasteiger partial charge in [-0.1, -0.05) is 6.07 Å². The van der Waals surface area contributed by atoms with Crippen molar-refractivity contribution < 1.29 is 9.53 Å². The molecule has 3 rings (SSSR count). The van der Waals surface area contributed by atoms with Crippen molar-refractivity contribution in [2.45, 2.75) is 13.5 Å². The van der Waals surface area contributed by atoms with Crippen molar-refractivity contribution in [3.63, 3.8) is 0 Å². The number of hydrogen-bond donors (Lipinski definition) is 0. The maximum absolute atomic E-state index is 12.7. The van der Waals surface area contributed by atoms with Crippen LogP contribution in [-0.2, 0) is 11.3 Å². The highest BCUT2D eigenvalue weighted by atomic mass is 32.1. The smallest absolute Gasteiger partial charge is 0.265 e. The zero-order valence-electron chi connectivity index (χ0n) is 13.4. The molecule has 0 bridgehead atoms. The molecule has 2 aromatic rings. The SMILES string of the molecule is COCc1nc(C)c(C(=O)N2CCN(c3ccccn3)CC2)s1. The highest BCUT2D eigenvalue weighted by molar-refractivity contribution is 7.13. The minimum atomic E-state index is 0.0722. The van der Waals surface area contributed by atoms with E-state index in [4.69, 9.17) is 4.74 Å². The molecule has 2 aromatic heterocycles. The number of hydrogen-bond acceptors (Lipinski definition) is 6. The molecule has 0 aromatic carbocycles. The van der Waals surface area contributed by atoms with E-state index in [-0.39, 0.29) is 5.91 Å². The van der Waals surface area contributed by atoms with Gasteiger partial charge in [-0.25, -0.2) is 9.97 Å². The zero-order valence-corrected chi connectivity index (χ0v) is 14.2. The minimum absolute atomic E-state index is 0.0722. The van der Waals surface area contributed by atoms with Crippen LogP contribution in [0.15, 0.2) is 24.4 Å². The summed E-state index contributed by atoms with van der Waals surface area (Å²) >= 11 is 1.43. The van der Waals surface area contributed by atoms with E-state index < -0.39 is 0 Å². The van der Waals surface area contributed by atoms with Crippen LogP contribution in [0.4, 0.5) is 5.82 Å². The molecule has 6 nitrogen and oxygen atoms in total.